The highest BCUT2D eigenvalue weighted by Crippen LogP contribution is 2.42. The average molecular weight is 589 g/mol. The quantitative estimate of drug-likeness (QED) is 0.227. The molecule has 0 spiro atoms. The minimum Gasteiger partial charge on any atom is -0.452 e. The molecule has 0 bridgehead atoms. The Morgan fingerprint density at radius 3 is 2.70 bits per heavy atom. The van der Waals surface area contributed by atoms with Gasteiger partial charge in [-0.3, -0.25) is 4.99 Å². The van der Waals surface area contributed by atoms with Crippen molar-refractivity contribution in [2.45, 2.75) is 32.1 Å². The second kappa shape index (κ2) is 10.5. The minimum absolute atomic E-state index is 0.155. The van der Waals surface area contributed by atoms with E-state index in [0.29, 0.717) is 6.67 Å². The van der Waals surface area contributed by atoms with E-state index in [0.717, 1.165) is 60.2 Å². The van der Waals surface area contributed by atoms with Gasteiger partial charge in [0.25, 0.3) is 0 Å². The van der Waals surface area contributed by atoms with Gasteiger partial charge in [0.1, 0.15) is 12.3 Å². The zero-order valence-electron chi connectivity index (χ0n) is 24.5. The lowest BCUT2D eigenvalue weighted by Gasteiger charge is -2.22. The molecule has 44 heavy (non-hydrogen) atoms. The van der Waals surface area contributed by atoms with Gasteiger partial charge < -0.3 is 9.73 Å². The van der Waals surface area contributed by atoms with E-state index in [1.165, 1.54) is 53.9 Å². The van der Waals surface area contributed by atoms with Crippen LogP contribution in [0.2, 0.25) is 0 Å². The average Bonchev–Trinajstić information content (AvgIpc) is 3.67. The van der Waals surface area contributed by atoms with Crippen LogP contribution in [0.4, 0.5) is 5.69 Å². The van der Waals surface area contributed by atoms with Gasteiger partial charge in [0, 0.05) is 26.4 Å². The first-order valence-electron chi connectivity index (χ1n) is 15.7. The van der Waals surface area contributed by atoms with Crippen molar-refractivity contribution >= 4 is 61.0 Å². The number of furan rings is 1. The van der Waals surface area contributed by atoms with Gasteiger partial charge in [0.05, 0.1) is 11.4 Å². The number of aryl methyl sites for hydroxylation is 1. The van der Waals surface area contributed by atoms with Crippen LogP contribution < -0.4 is 5.32 Å². The Kier molecular flexibility index (Phi) is 6.15. The van der Waals surface area contributed by atoms with Crippen LogP contribution in [-0.4, -0.2) is 12.4 Å². The van der Waals surface area contributed by atoms with Crippen LogP contribution in [0.25, 0.3) is 49.4 Å². The summed E-state index contributed by atoms with van der Waals surface area (Å²) < 4.78 is 8.10. The molecule has 3 heterocycles. The van der Waals surface area contributed by atoms with Crippen molar-refractivity contribution in [2.24, 2.45) is 10.9 Å². The lowest BCUT2D eigenvalue weighted by Crippen LogP contribution is -2.21. The van der Waals surface area contributed by atoms with E-state index in [4.69, 9.17) is 9.41 Å². The summed E-state index contributed by atoms with van der Waals surface area (Å²) in [6, 6.07) is 22.5. The van der Waals surface area contributed by atoms with E-state index in [2.05, 4.69) is 115 Å². The number of nitrogens with one attached hydrogen (secondary N) is 1. The lowest BCUT2D eigenvalue weighted by atomic mass is 9.87. The van der Waals surface area contributed by atoms with Crippen LogP contribution in [0.5, 0.6) is 0 Å². The maximum absolute atomic E-state index is 6.71. The third-order valence-corrected chi connectivity index (χ3v) is 10.6. The third kappa shape index (κ3) is 4.28. The molecule has 0 radical (unpaired) electrons. The van der Waals surface area contributed by atoms with Crippen LogP contribution in [0.3, 0.4) is 0 Å². The summed E-state index contributed by atoms with van der Waals surface area (Å²) in [4.78, 5) is 6.41. The fourth-order valence-electron chi connectivity index (χ4n) is 7.22. The molecule has 4 heteroatoms. The van der Waals surface area contributed by atoms with Crippen LogP contribution in [0, 0.1) is 5.92 Å². The molecule has 1 aliphatic heterocycles. The first-order valence-corrected chi connectivity index (χ1v) is 16.5. The number of nitrogens with zero attached hydrogens (tertiary/aromatic N) is 1. The van der Waals surface area contributed by atoms with Crippen LogP contribution >= 0.6 is 11.3 Å². The molecule has 3 aromatic carbocycles. The second-order valence-corrected chi connectivity index (χ2v) is 13.2. The summed E-state index contributed by atoms with van der Waals surface area (Å²) in [6.07, 6.45) is 23.4. The summed E-state index contributed by atoms with van der Waals surface area (Å²) in [5.41, 5.74) is 12.1. The fourth-order valence-corrected chi connectivity index (χ4v) is 8.38. The van der Waals surface area contributed by atoms with Crippen molar-refractivity contribution in [3.8, 4) is 11.1 Å². The molecule has 0 fully saturated rings. The van der Waals surface area contributed by atoms with E-state index in [1.54, 1.807) is 0 Å². The molecule has 5 aromatic rings. The number of hydrogen-bond acceptors (Lipinski definition) is 4. The monoisotopic (exact) mass is 588 g/mol. The van der Waals surface area contributed by atoms with E-state index in [1.807, 2.05) is 11.3 Å². The number of rotatable bonds is 4. The smallest absolute Gasteiger partial charge is 0.173 e. The van der Waals surface area contributed by atoms with Gasteiger partial charge in [-0.2, -0.15) is 0 Å². The molecule has 1 unspecified atom stereocenters. The molecule has 9 rings (SSSR count). The fraction of sp³-hybridized carbons (Fsp3) is 0.175. The normalized spacial score (nSPS) is 18.9. The molecule has 0 saturated heterocycles. The van der Waals surface area contributed by atoms with Gasteiger partial charge in [-0.25, -0.2) is 0 Å². The second-order valence-electron chi connectivity index (χ2n) is 12.1. The standard InChI is InChI=1S/C40H32N2OS/c1-2-9-25(10-3-1)31-16-8-17-33-38-40(43-39(31)33)37(41-24-42-38)30-14-7-13-28(22-30)26-11-6-12-27(21-26)29-19-20-36-34(23-29)32-15-4-5-18-35(32)44-36/h1-2,5-9,11-13,16-23,30,42H,3-4,10,14-15,24H2. The van der Waals surface area contributed by atoms with Gasteiger partial charge in [0.2, 0.25) is 0 Å². The molecule has 3 aliphatic carbocycles. The first kappa shape index (κ1) is 25.8. The van der Waals surface area contributed by atoms with Crippen LogP contribution in [0.1, 0.15) is 53.0 Å². The van der Waals surface area contributed by atoms with Gasteiger partial charge >= 0.3 is 0 Å². The molecular formula is C40H32N2OS. The summed E-state index contributed by atoms with van der Waals surface area (Å²) in [7, 11) is 0. The summed E-state index contributed by atoms with van der Waals surface area (Å²) in [5, 5.41) is 6.08. The number of fused-ring (bicyclic) bond motifs is 6. The molecular weight excluding hydrogens is 557 g/mol. The number of anilines is 1. The first-order chi connectivity index (χ1) is 21.8. The third-order valence-electron chi connectivity index (χ3n) is 9.41. The van der Waals surface area contributed by atoms with E-state index in [-0.39, 0.29) is 5.92 Å². The molecule has 3 nitrogen and oxygen atoms in total. The summed E-state index contributed by atoms with van der Waals surface area (Å²) in [5.74, 6) is 1.04. The lowest BCUT2D eigenvalue weighted by molar-refractivity contribution is 0.594. The Hall–Kier alpha value is -4.67. The SMILES string of the molecule is C1=CCCC(c2cccc3c4c(oc23)C(C2C=C(c3cccc(-c5ccc6sc7c(c6c5)CCC=C7)c3)C=CC2)=NCN4)=C1. The van der Waals surface area contributed by atoms with Crippen molar-refractivity contribution in [1.82, 2.24) is 0 Å². The number of hydrogen-bond donors (Lipinski definition) is 1. The number of thiophene rings is 1. The predicted octanol–water partition coefficient (Wildman–Crippen LogP) is 10.8. The highest BCUT2D eigenvalue weighted by atomic mass is 32.1. The molecule has 4 aliphatic rings. The topological polar surface area (TPSA) is 37.5 Å². The van der Waals surface area contributed by atoms with Crippen molar-refractivity contribution in [2.75, 3.05) is 12.0 Å². The molecule has 0 saturated carbocycles. The Morgan fingerprint density at radius 1 is 0.841 bits per heavy atom. The number of aliphatic imine (C=N–C) groups is 1. The maximum atomic E-state index is 6.71. The van der Waals surface area contributed by atoms with E-state index in [9.17, 15) is 0 Å². The Bertz CT molecular complexity index is 2160. The van der Waals surface area contributed by atoms with Crippen molar-refractivity contribution in [1.29, 1.82) is 0 Å². The minimum atomic E-state index is 0.155. The van der Waals surface area contributed by atoms with Gasteiger partial charge in [-0.1, -0.05) is 78.9 Å². The van der Waals surface area contributed by atoms with Gasteiger partial charge in [-0.15, -0.1) is 11.3 Å². The highest BCUT2D eigenvalue weighted by molar-refractivity contribution is 7.20. The predicted molar refractivity (Wildman–Crippen MR) is 187 cm³/mol. The number of benzene rings is 3. The van der Waals surface area contributed by atoms with E-state index < -0.39 is 0 Å². The largest absolute Gasteiger partial charge is 0.452 e. The van der Waals surface area contributed by atoms with Gasteiger partial charge in [-0.05, 0) is 101 Å². The zero-order valence-corrected chi connectivity index (χ0v) is 25.3. The Balaban J connectivity index is 1.06. The highest BCUT2D eigenvalue weighted by Gasteiger charge is 2.29. The van der Waals surface area contributed by atoms with Crippen LogP contribution in [-0.2, 0) is 6.42 Å². The Morgan fingerprint density at radius 2 is 1.75 bits per heavy atom. The van der Waals surface area contributed by atoms with Crippen molar-refractivity contribution < 1.29 is 4.42 Å². The molecule has 2 aromatic heterocycles. The number of para-hydroxylation sites is 1. The molecule has 1 atom stereocenters. The number of allylic oxidation sites excluding steroid dienone is 9. The summed E-state index contributed by atoms with van der Waals surface area (Å²) in [6.45, 7) is 0.566. The van der Waals surface area contributed by atoms with Crippen molar-refractivity contribution in [3.63, 3.8) is 0 Å². The molecule has 1 N–H and O–H groups in total. The van der Waals surface area contributed by atoms with Gasteiger partial charge in [0.15, 0.2) is 5.76 Å². The van der Waals surface area contributed by atoms with Crippen LogP contribution in [0.15, 0.2) is 113 Å². The Labute approximate surface area is 261 Å². The molecule has 214 valence electrons. The molecule has 0 amide bonds. The summed E-state index contributed by atoms with van der Waals surface area (Å²) >= 11 is 1.91. The van der Waals surface area contributed by atoms with E-state index >= 15 is 0 Å². The van der Waals surface area contributed by atoms with Crippen molar-refractivity contribution in [3.05, 3.63) is 131 Å². The zero-order chi connectivity index (χ0) is 29.0. The maximum Gasteiger partial charge on any atom is 0.173 e.